The molecule has 0 amide bonds. The molecule has 0 fully saturated rings. The minimum Gasteiger partial charge on any atom is -0.457 e. The van der Waals surface area contributed by atoms with Gasteiger partial charge in [-0.25, -0.2) is 4.98 Å². The van der Waals surface area contributed by atoms with Gasteiger partial charge in [-0.05, 0) is 177 Å². The molecule has 0 saturated carbocycles. The van der Waals surface area contributed by atoms with E-state index in [0.717, 1.165) is 45.3 Å². The van der Waals surface area contributed by atoms with Crippen molar-refractivity contribution < 1.29 is 4.74 Å². The van der Waals surface area contributed by atoms with E-state index in [1.807, 2.05) is 6.20 Å². The minimum atomic E-state index is -0.575. The molecule has 6 aromatic carbocycles. The lowest BCUT2D eigenvalue weighted by Gasteiger charge is -2.44. The molecule has 1 aliphatic heterocycles. The predicted octanol–water partition coefficient (Wildman–Crippen LogP) is 15.9. The molecule has 2 aliphatic rings. The number of ether oxygens (including phenoxy) is 1. The molecule has 334 valence electrons. The van der Waals surface area contributed by atoms with E-state index in [-0.39, 0.29) is 16.9 Å². The van der Waals surface area contributed by atoms with Crippen LogP contribution in [-0.2, 0) is 16.4 Å². The maximum absolute atomic E-state index is 7.08. The fourth-order valence-electron chi connectivity index (χ4n) is 11.4. The molecule has 2 atom stereocenters. The van der Waals surface area contributed by atoms with Gasteiger partial charge in [0, 0.05) is 34.3 Å². The molecule has 0 bridgehead atoms. The second kappa shape index (κ2) is 15.0. The first-order chi connectivity index (χ1) is 31.1. The van der Waals surface area contributed by atoms with Crippen molar-refractivity contribution in [3.63, 3.8) is 0 Å². The first kappa shape index (κ1) is 43.4. The summed E-state index contributed by atoms with van der Waals surface area (Å²) in [7, 11) is 0. The molecule has 0 saturated heterocycles. The van der Waals surface area contributed by atoms with Crippen LogP contribution in [0.1, 0.15) is 127 Å². The Balaban J connectivity index is 1.16. The standard InChI is InChI=1S/C61H64N4O/c1-34-26-40(7)56(41(8)27-34)65-57-48-28-35(2)24-38(5)54(48)55-39(6)25-36(3)29-49(55)61(57,15)63-58(65)42-17-16-37(4)52(30-42)66-45-19-20-46-47-31-43(59(9,10)11)18-21-50(47)64(51(46)33-45)53-32-44(22-23-62-53)60(12,13)14/h16-33,57H,1-15H3/t57-,61+/m0/s1. The summed E-state index contributed by atoms with van der Waals surface area (Å²) in [6, 6.07) is 38.5. The van der Waals surface area contributed by atoms with Gasteiger partial charge in [-0.1, -0.05) is 113 Å². The summed E-state index contributed by atoms with van der Waals surface area (Å²) < 4.78 is 9.39. The van der Waals surface area contributed by atoms with Crippen LogP contribution < -0.4 is 9.64 Å². The Hall–Kier alpha value is -6.46. The van der Waals surface area contributed by atoms with Crippen molar-refractivity contribution in [1.82, 2.24) is 9.55 Å². The lowest BCUT2D eigenvalue weighted by molar-refractivity contribution is 0.423. The van der Waals surface area contributed by atoms with Crippen LogP contribution in [-0.4, -0.2) is 15.4 Å². The first-order valence-electron chi connectivity index (χ1n) is 23.7. The van der Waals surface area contributed by atoms with Crippen molar-refractivity contribution in [3.05, 3.63) is 182 Å². The Labute approximate surface area is 392 Å². The van der Waals surface area contributed by atoms with Crippen LogP contribution in [0, 0.1) is 55.4 Å². The van der Waals surface area contributed by atoms with E-state index in [9.17, 15) is 0 Å². The van der Waals surface area contributed by atoms with E-state index in [4.69, 9.17) is 14.7 Å². The van der Waals surface area contributed by atoms with E-state index in [2.05, 4.69) is 216 Å². The van der Waals surface area contributed by atoms with E-state index < -0.39 is 5.54 Å². The quantitative estimate of drug-likeness (QED) is 0.173. The molecule has 0 unspecified atom stereocenters. The van der Waals surface area contributed by atoms with Crippen LogP contribution in [0.3, 0.4) is 0 Å². The highest BCUT2D eigenvalue weighted by molar-refractivity contribution is 6.14. The summed E-state index contributed by atoms with van der Waals surface area (Å²) in [5.74, 6) is 3.42. The molecule has 10 rings (SSSR count). The Morgan fingerprint density at radius 2 is 1.20 bits per heavy atom. The molecule has 0 radical (unpaired) electrons. The van der Waals surface area contributed by atoms with Crippen molar-refractivity contribution in [2.75, 3.05) is 4.90 Å². The second-order valence-electron chi connectivity index (χ2n) is 21.9. The number of aliphatic imine (C=N–C) groups is 1. The molecule has 5 nitrogen and oxygen atoms in total. The molecule has 66 heavy (non-hydrogen) atoms. The van der Waals surface area contributed by atoms with Gasteiger partial charge in [-0.3, -0.25) is 9.56 Å². The van der Waals surface area contributed by atoms with Crippen molar-refractivity contribution in [3.8, 4) is 28.4 Å². The third-order valence-electron chi connectivity index (χ3n) is 14.4. The monoisotopic (exact) mass is 869 g/mol. The van der Waals surface area contributed by atoms with Gasteiger partial charge in [0.15, 0.2) is 0 Å². The van der Waals surface area contributed by atoms with Gasteiger partial charge >= 0.3 is 0 Å². The topological polar surface area (TPSA) is 42.6 Å². The predicted molar refractivity (Wildman–Crippen MR) is 278 cm³/mol. The molecule has 2 aromatic heterocycles. The zero-order valence-electron chi connectivity index (χ0n) is 41.7. The van der Waals surface area contributed by atoms with Crippen LogP contribution in [0.15, 0.2) is 114 Å². The van der Waals surface area contributed by atoms with Gasteiger partial charge in [0.25, 0.3) is 0 Å². The number of aryl methyl sites for hydroxylation is 8. The minimum absolute atomic E-state index is 0.00634. The van der Waals surface area contributed by atoms with Gasteiger partial charge in [0.05, 0.1) is 17.1 Å². The molecule has 1 aliphatic carbocycles. The number of anilines is 1. The van der Waals surface area contributed by atoms with Crippen LogP contribution >= 0.6 is 0 Å². The highest BCUT2D eigenvalue weighted by Gasteiger charge is 2.53. The number of rotatable bonds is 5. The highest BCUT2D eigenvalue weighted by Crippen LogP contribution is 2.59. The lowest BCUT2D eigenvalue weighted by Crippen LogP contribution is -2.41. The number of benzene rings is 6. The average molecular weight is 869 g/mol. The van der Waals surface area contributed by atoms with Crippen LogP contribution in [0.2, 0.25) is 0 Å². The summed E-state index contributed by atoms with van der Waals surface area (Å²) >= 11 is 0. The van der Waals surface area contributed by atoms with Crippen molar-refractivity contribution in [2.24, 2.45) is 4.99 Å². The molecule has 5 heteroatoms. The largest absolute Gasteiger partial charge is 0.457 e. The molecule has 0 spiro atoms. The second-order valence-corrected chi connectivity index (χ2v) is 21.9. The van der Waals surface area contributed by atoms with Gasteiger partial charge in [-0.15, -0.1) is 0 Å². The third kappa shape index (κ3) is 6.88. The fourth-order valence-corrected chi connectivity index (χ4v) is 11.4. The van der Waals surface area contributed by atoms with Gasteiger partial charge in [0.2, 0.25) is 0 Å². The maximum atomic E-state index is 7.08. The zero-order chi connectivity index (χ0) is 46.9. The van der Waals surface area contributed by atoms with E-state index in [1.54, 1.807) is 0 Å². The Morgan fingerprint density at radius 1 is 0.561 bits per heavy atom. The van der Waals surface area contributed by atoms with Gasteiger partial charge in [-0.2, -0.15) is 0 Å². The van der Waals surface area contributed by atoms with Crippen LogP contribution in [0.5, 0.6) is 11.5 Å². The number of fused-ring (bicyclic) bond motifs is 9. The molecule has 3 heterocycles. The van der Waals surface area contributed by atoms with E-state index in [1.165, 1.54) is 88.8 Å². The molecule has 0 N–H and O–H groups in total. The van der Waals surface area contributed by atoms with Crippen LogP contribution in [0.25, 0.3) is 38.8 Å². The normalized spacial score (nSPS) is 17.0. The number of pyridine rings is 1. The molecular formula is C61H64N4O. The molecular weight excluding hydrogens is 805 g/mol. The van der Waals surface area contributed by atoms with E-state index >= 15 is 0 Å². The lowest BCUT2D eigenvalue weighted by atomic mass is 9.68. The average Bonchev–Trinajstić information content (AvgIpc) is 3.72. The molecule has 8 aromatic rings. The highest BCUT2D eigenvalue weighted by atomic mass is 16.5. The zero-order valence-corrected chi connectivity index (χ0v) is 41.7. The summed E-state index contributed by atoms with van der Waals surface area (Å²) in [4.78, 5) is 13.5. The first-order valence-corrected chi connectivity index (χ1v) is 23.7. The SMILES string of the molecule is Cc1cc(C)c(N2C(c3ccc(C)c(Oc4ccc5c6cc(C(C)(C)C)ccc6n(-c6cc(C(C)(C)C)ccn6)c5c4)c3)=N[C@]3(C)c4cc(C)cc(C)c4-c4c(C)cc(C)cc4[C@H]23)c(C)c1. The van der Waals surface area contributed by atoms with Gasteiger partial charge in [0.1, 0.15) is 28.7 Å². The summed E-state index contributed by atoms with van der Waals surface area (Å²) in [5, 5.41) is 2.38. The van der Waals surface area contributed by atoms with Gasteiger partial charge < -0.3 is 9.64 Å². The number of nitrogens with zero attached hydrogens (tertiary/aromatic N) is 4. The van der Waals surface area contributed by atoms with Crippen LogP contribution in [0.4, 0.5) is 5.69 Å². The Bertz CT molecular complexity index is 3340. The van der Waals surface area contributed by atoms with E-state index in [0.29, 0.717) is 0 Å². The number of hydrogen-bond acceptors (Lipinski definition) is 4. The summed E-state index contributed by atoms with van der Waals surface area (Å²) in [5.41, 5.74) is 21.6. The van der Waals surface area contributed by atoms with Crippen molar-refractivity contribution >= 4 is 33.3 Å². The Morgan fingerprint density at radius 3 is 1.89 bits per heavy atom. The van der Waals surface area contributed by atoms with Crippen molar-refractivity contribution in [2.45, 2.75) is 126 Å². The number of amidine groups is 1. The number of hydrogen-bond donors (Lipinski definition) is 0. The Kier molecular flexibility index (Phi) is 9.89. The van der Waals surface area contributed by atoms with Crippen molar-refractivity contribution in [1.29, 1.82) is 0 Å². The maximum Gasteiger partial charge on any atom is 0.137 e. The number of aromatic nitrogens is 2. The fraction of sp³-hybridized carbons (Fsp3) is 0.311. The summed E-state index contributed by atoms with van der Waals surface area (Å²) in [6.45, 7) is 33.8. The smallest absolute Gasteiger partial charge is 0.137 e. The third-order valence-corrected chi connectivity index (χ3v) is 14.4. The summed E-state index contributed by atoms with van der Waals surface area (Å²) in [6.07, 6.45) is 1.94.